The third kappa shape index (κ3) is 14.9. The second kappa shape index (κ2) is 13.0. The van der Waals surface area contributed by atoms with Crippen LogP contribution in [0.1, 0.15) is 58.8 Å². The van der Waals surface area contributed by atoms with Gasteiger partial charge in [-0.3, -0.25) is 4.79 Å². The molecule has 1 aliphatic carbocycles. The van der Waals surface area contributed by atoms with Crippen LogP contribution in [-0.4, -0.2) is 12.6 Å². The van der Waals surface area contributed by atoms with Crippen LogP contribution >= 0.6 is 0 Å². The average molecular weight is 238 g/mol. The summed E-state index contributed by atoms with van der Waals surface area (Å²) in [5.41, 5.74) is 0. The van der Waals surface area contributed by atoms with Crippen molar-refractivity contribution < 1.29 is 9.53 Å². The first-order valence-electron chi connectivity index (χ1n) is 6.70. The Morgan fingerprint density at radius 1 is 1.12 bits per heavy atom. The van der Waals surface area contributed by atoms with Crippen molar-refractivity contribution in [3.05, 3.63) is 24.3 Å². The number of carbonyl (C=O) groups excluding carboxylic acids is 1. The Bertz CT molecular complexity index is 219. The number of rotatable bonds is 3. The second-order valence-electron chi connectivity index (χ2n) is 4.15. The molecule has 0 amide bonds. The Balaban J connectivity index is 0.000000302. The maximum absolute atomic E-state index is 10.2. The summed E-state index contributed by atoms with van der Waals surface area (Å²) >= 11 is 0. The van der Waals surface area contributed by atoms with Crippen LogP contribution in [0.2, 0.25) is 0 Å². The average Bonchev–Trinajstić information content (AvgIpc) is 2.24. The van der Waals surface area contributed by atoms with Gasteiger partial charge in [-0.15, -0.1) is 0 Å². The van der Waals surface area contributed by atoms with E-state index in [9.17, 15) is 4.79 Å². The predicted octanol–water partition coefficient (Wildman–Crippen LogP) is 4.41. The molecule has 0 spiro atoms. The Hall–Kier alpha value is -1.05. The predicted molar refractivity (Wildman–Crippen MR) is 72.9 cm³/mol. The molecule has 1 aliphatic rings. The van der Waals surface area contributed by atoms with E-state index >= 15 is 0 Å². The summed E-state index contributed by atoms with van der Waals surface area (Å²) in [5.74, 6) is -0.226. The van der Waals surface area contributed by atoms with E-state index in [1.54, 1.807) is 0 Å². The van der Waals surface area contributed by atoms with Gasteiger partial charge in [-0.05, 0) is 32.1 Å². The van der Waals surface area contributed by atoms with Crippen LogP contribution in [0.4, 0.5) is 0 Å². The minimum absolute atomic E-state index is 0.226. The van der Waals surface area contributed by atoms with Crippen molar-refractivity contribution in [1.82, 2.24) is 0 Å². The highest BCUT2D eigenvalue weighted by atomic mass is 16.5. The van der Waals surface area contributed by atoms with Gasteiger partial charge in [-0.1, -0.05) is 44.1 Å². The maximum Gasteiger partial charge on any atom is 0.302 e. The smallest absolute Gasteiger partial charge is 0.302 e. The molecule has 1 rings (SSSR count). The molecule has 98 valence electrons. The zero-order valence-corrected chi connectivity index (χ0v) is 11.3. The monoisotopic (exact) mass is 238 g/mol. The highest BCUT2D eigenvalue weighted by Crippen LogP contribution is 2.09. The lowest BCUT2D eigenvalue weighted by molar-refractivity contribution is -0.139. The van der Waals surface area contributed by atoms with Crippen molar-refractivity contribution >= 4 is 5.97 Å². The van der Waals surface area contributed by atoms with E-state index in [1.165, 1.54) is 45.4 Å². The van der Waals surface area contributed by atoms with E-state index < -0.39 is 0 Å². The largest absolute Gasteiger partial charge is 0.462 e. The van der Waals surface area contributed by atoms with Crippen LogP contribution in [0.3, 0.4) is 0 Å². The molecule has 0 N–H and O–H groups in total. The van der Waals surface area contributed by atoms with Crippen molar-refractivity contribution in [1.29, 1.82) is 0 Å². The third-order valence-electron chi connectivity index (χ3n) is 2.44. The van der Waals surface area contributed by atoms with Gasteiger partial charge in [-0.2, -0.15) is 0 Å². The zero-order valence-electron chi connectivity index (χ0n) is 11.3. The summed E-state index contributed by atoms with van der Waals surface area (Å²) in [4.78, 5) is 10.2. The van der Waals surface area contributed by atoms with Crippen LogP contribution in [-0.2, 0) is 9.53 Å². The minimum Gasteiger partial charge on any atom is -0.462 e. The van der Waals surface area contributed by atoms with E-state index in [4.69, 9.17) is 0 Å². The first-order valence-corrected chi connectivity index (χ1v) is 6.70. The van der Waals surface area contributed by atoms with E-state index in [-0.39, 0.29) is 5.97 Å². The molecular weight excluding hydrogens is 212 g/mol. The van der Waals surface area contributed by atoms with Gasteiger partial charge in [0.15, 0.2) is 0 Å². The third-order valence-corrected chi connectivity index (χ3v) is 2.44. The van der Waals surface area contributed by atoms with Crippen LogP contribution in [0.15, 0.2) is 24.3 Å². The Kier molecular flexibility index (Phi) is 12.2. The van der Waals surface area contributed by atoms with E-state index in [1.807, 2.05) is 19.1 Å². The number of hydrogen-bond donors (Lipinski definition) is 0. The SMILES string of the molecule is C1=CCCCCCC1.CC/C=C\COC(C)=O. The van der Waals surface area contributed by atoms with E-state index in [0.29, 0.717) is 6.61 Å². The minimum atomic E-state index is -0.226. The molecule has 0 aromatic rings. The molecular formula is C15H26O2. The molecule has 0 saturated carbocycles. The van der Waals surface area contributed by atoms with Crippen molar-refractivity contribution in [2.45, 2.75) is 58.8 Å². The summed E-state index contributed by atoms with van der Waals surface area (Å²) < 4.78 is 4.62. The fourth-order valence-electron chi connectivity index (χ4n) is 1.51. The van der Waals surface area contributed by atoms with Crippen molar-refractivity contribution in [3.8, 4) is 0 Å². The molecule has 2 heteroatoms. The normalized spacial score (nSPS) is 15.6. The Labute approximate surface area is 106 Å². The van der Waals surface area contributed by atoms with Gasteiger partial charge < -0.3 is 4.74 Å². The van der Waals surface area contributed by atoms with Crippen LogP contribution in [0.25, 0.3) is 0 Å². The van der Waals surface area contributed by atoms with Crippen LogP contribution in [0, 0.1) is 0 Å². The maximum atomic E-state index is 10.2. The zero-order chi connectivity index (χ0) is 12.8. The number of esters is 1. The molecule has 0 aromatic carbocycles. The Morgan fingerprint density at radius 3 is 2.18 bits per heavy atom. The molecule has 0 fully saturated rings. The van der Waals surface area contributed by atoms with E-state index in [0.717, 1.165) is 6.42 Å². The van der Waals surface area contributed by atoms with Gasteiger partial charge in [0.2, 0.25) is 0 Å². The molecule has 0 saturated heterocycles. The van der Waals surface area contributed by atoms with Crippen LogP contribution in [0.5, 0.6) is 0 Å². The molecule has 0 aromatic heterocycles. The van der Waals surface area contributed by atoms with Gasteiger partial charge in [0.25, 0.3) is 0 Å². The van der Waals surface area contributed by atoms with Gasteiger partial charge in [-0.25, -0.2) is 0 Å². The molecule has 17 heavy (non-hydrogen) atoms. The first kappa shape index (κ1) is 16.0. The summed E-state index contributed by atoms with van der Waals surface area (Å²) in [7, 11) is 0. The number of ether oxygens (including phenoxy) is 1. The van der Waals surface area contributed by atoms with Crippen molar-refractivity contribution in [2.24, 2.45) is 0 Å². The molecule has 0 unspecified atom stereocenters. The van der Waals surface area contributed by atoms with Crippen molar-refractivity contribution in [3.63, 3.8) is 0 Å². The summed E-state index contributed by atoms with van der Waals surface area (Å²) in [6, 6.07) is 0. The molecule has 2 nitrogen and oxygen atoms in total. The molecule has 0 bridgehead atoms. The summed E-state index contributed by atoms with van der Waals surface area (Å²) in [6.45, 7) is 3.84. The standard InChI is InChI=1S/C8H14.C7H12O2/c1-2-4-6-8-7-5-3-1;1-3-4-5-6-9-7(2)8/h1-2H,3-8H2;4-5H,3,6H2,1-2H3/b;5-4-. The molecule has 0 aliphatic heterocycles. The Morgan fingerprint density at radius 2 is 1.71 bits per heavy atom. The van der Waals surface area contributed by atoms with Gasteiger partial charge >= 0.3 is 5.97 Å². The lowest BCUT2D eigenvalue weighted by Gasteiger charge is -2.00. The fourth-order valence-corrected chi connectivity index (χ4v) is 1.51. The van der Waals surface area contributed by atoms with Gasteiger partial charge in [0, 0.05) is 6.92 Å². The fraction of sp³-hybridized carbons (Fsp3) is 0.667. The number of carbonyl (C=O) groups is 1. The highest BCUT2D eigenvalue weighted by Gasteiger charge is 1.90. The van der Waals surface area contributed by atoms with Crippen molar-refractivity contribution in [2.75, 3.05) is 6.61 Å². The summed E-state index contributed by atoms with van der Waals surface area (Å²) in [5, 5.41) is 0. The van der Waals surface area contributed by atoms with E-state index in [2.05, 4.69) is 16.9 Å². The topological polar surface area (TPSA) is 26.3 Å². The van der Waals surface area contributed by atoms with Crippen LogP contribution < -0.4 is 0 Å². The van der Waals surface area contributed by atoms with Gasteiger partial charge in [0.1, 0.15) is 6.61 Å². The van der Waals surface area contributed by atoms with Gasteiger partial charge in [0.05, 0.1) is 0 Å². The highest BCUT2D eigenvalue weighted by molar-refractivity contribution is 5.65. The quantitative estimate of drug-likeness (QED) is 0.537. The molecule has 0 radical (unpaired) electrons. The lowest BCUT2D eigenvalue weighted by atomic mass is 10.1. The number of allylic oxidation sites excluding steroid dienone is 3. The lowest BCUT2D eigenvalue weighted by Crippen LogP contribution is -1.96. The second-order valence-corrected chi connectivity index (χ2v) is 4.15. The first-order chi connectivity index (χ1) is 8.27. The molecule has 0 atom stereocenters. The molecule has 0 heterocycles. The summed E-state index contributed by atoms with van der Waals surface area (Å²) in [6.07, 6.45) is 17.8. The number of hydrogen-bond acceptors (Lipinski definition) is 2.